The molecule has 4 nitrogen and oxygen atoms in total. The predicted octanol–water partition coefficient (Wildman–Crippen LogP) is 8.90. The van der Waals surface area contributed by atoms with E-state index >= 15 is 0 Å². The van der Waals surface area contributed by atoms with Gasteiger partial charge in [0.05, 0.1) is 16.9 Å². The zero-order valence-electron chi connectivity index (χ0n) is 22.3. The summed E-state index contributed by atoms with van der Waals surface area (Å²) in [5, 5.41) is 13.0. The highest BCUT2D eigenvalue weighted by atomic mass is 16.3. The van der Waals surface area contributed by atoms with Crippen LogP contribution < -0.4 is 0 Å². The summed E-state index contributed by atoms with van der Waals surface area (Å²) in [6.07, 6.45) is 1.84. The number of para-hydroxylation sites is 2. The van der Waals surface area contributed by atoms with Gasteiger partial charge >= 0.3 is 0 Å². The molecule has 0 aliphatic heterocycles. The topological polar surface area (TPSA) is 50.9 Å². The monoisotopic (exact) mass is 517 g/mol. The Morgan fingerprint density at radius 1 is 0.625 bits per heavy atom. The number of phenols is 1. The molecule has 4 aromatic carbocycles. The number of pyridine rings is 2. The van der Waals surface area contributed by atoms with Crippen LogP contribution in [0.15, 0.2) is 121 Å². The first kappa shape index (κ1) is 23.9. The van der Waals surface area contributed by atoms with Gasteiger partial charge in [-0.2, -0.15) is 0 Å². The lowest BCUT2D eigenvalue weighted by Crippen LogP contribution is -1.97. The van der Waals surface area contributed by atoms with Gasteiger partial charge < -0.3 is 5.11 Å². The largest absolute Gasteiger partial charge is 0.507 e. The third-order valence-electron chi connectivity index (χ3n) is 7.61. The fourth-order valence-corrected chi connectivity index (χ4v) is 5.78. The molecule has 1 N–H and O–H groups in total. The molecule has 0 fully saturated rings. The fraction of sp³-hybridized carbons (Fsp3) is 0.0556. The van der Waals surface area contributed by atoms with Gasteiger partial charge in [-0.3, -0.25) is 4.57 Å². The summed E-state index contributed by atoms with van der Waals surface area (Å²) < 4.78 is 2.22. The first-order chi connectivity index (χ1) is 19.6. The molecule has 7 aromatic rings. The van der Waals surface area contributed by atoms with Crippen molar-refractivity contribution in [3.63, 3.8) is 0 Å². The molecule has 0 aliphatic rings. The van der Waals surface area contributed by atoms with Crippen LogP contribution in [0.3, 0.4) is 0 Å². The van der Waals surface area contributed by atoms with Gasteiger partial charge in [-0.25, -0.2) is 9.97 Å². The third kappa shape index (κ3) is 3.93. The van der Waals surface area contributed by atoms with Crippen molar-refractivity contribution in [2.24, 2.45) is 0 Å². The smallest absolute Gasteiger partial charge is 0.145 e. The lowest BCUT2D eigenvalue weighted by Gasteiger charge is -2.15. The summed E-state index contributed by atoms with van der Waals surface area (Å²) >= 11 is 0. The predicted molar refractivity (Wildman–Crippen MR) is 164 cm³/mol. The Morgan fingerprint density at radius 3 is 2.20 bits per heavy atom. The number of rotatable bonds is 4. The first-order valence-corrected chi connectivity index (χ1v) is 13.4. The average molecular weight is 518 g/mol. The van der Waals surface area contributed by atoms with Crippen LogP contribution in [0, 0.1) is 13.8 Å². The molecule has 7 rings (SSSR count). The van der Waals surface area contributed by atoms with Crippen molar-refractivity contribution in [3.05, 3.63) is 133 Å². The second-order valence-corrected chi connectivity index (χ2v) is 10.2. The van der Waals surface area contributed by atoms with Crippen LogP contribution >= 0.6 is 0 Å². The van der Waals surface area contributed by atoms with E-state index in [0.717, 1.165) is 44.8 Å². The minimum Gasteiger partial charge on any atom is -0.507 e. The molecule has 0 unspecified atom stereocenters. The molecule has 0 saturated carbocycles. The van der Waals surface area contributed by atoms with Crippen molar-refractivity contribution in [3.8, 4) is 45.1 Å². The van der Waals surface area contributed by atoms with Crippen LogP contribution in [0.4, 0.5) is 0 Å². The van der Waals surface area contributed by atoms with Gasteiger partial charge in [-0.1, -0.05) is 60.7 Å². The molecule has 4 heteroatoms. The zero-order chi connectivity index (χ0) is 27.2. The van der Waals surface area contributed by atoms with E-state index in [4.69, 9.17) is 9.97 Å². The number of hydrogen-bond acceptors (Lipinski definition) is 3. The van der Waals surface area contributed by atoms with Crippen LogP contribution in [0.1, 0.15) is 11.1 Å². The molecular weight excluding hydrogens is 490 g/mol. The van der Waals surface area contributed by atoms with Gasteiger partial charge in [0.1, 0.15) is 11.4 Å². The first-order valence-electron chi connectivity index (χ1n) is 13.4. The van der Waals surface area contributed by atoms with Crippen molar-refractivity contribution in [1.82, 2.24) is 14.5 Å². The quantitative estimate of drug-likeness (QED) is 0.254. The summed E-state index contributed by atoms with van der Waals surface area (Å²) in [6.45, 7) is 4.27. The van der Waals surface area contributed by atoms with Gasteiger partial charge in [0.2, 0.25) is 0 Å². The molecular formula is C36H27N3O. The number of aromatic hydroxyl groups is 1. The van der Waals surface area contributed by atoms with Crippen LogP contribution in [0.25, 0.3) is 61.3 Å². The molecule has 0 radical (unpaired) electrons. The number of aromatic nitrogens is 3. The summed E-state index contributed by atoms with van der Waals surface area (Å²) in [4.78, 5) is 9.84. The van der Waals surface area contributed by atoms with E-state index in [1.54, 1.807) is 6.07 Å². The maximum atomic E-state index is 10.7. The Kier molecular flexibility index (Phi) is 5.67. The number of hydrogen-bond donors (Lipinski definition) is 1. The molecule has 0 saturated heterocycles. The second kappa shape index (κ2) is 9.51. The Balaban J connectivity index is 1.47. The van der Waals surface area contributed by atoms with E-state index in [9.17, 15) is 5.11 Å². The minimum atomic E-state index is 0.213. The lowest BCUT2D eigenvalue weighted by molar-refractivity contribution is 0.477. The van der Waals surface area contributed by atoms with Gasteiger partial charge in [0, 0.05) is 33.8 Å². The second-order valence-electron chi connectivity index (χ2n) is 10.2. The van der Waals surface area contributed by atoms with Crippen LogP contribution in [-0.4, -0.2) is 19.6 Å². The Morgan fingerprint density at radius 2 is 1.35 bits per heavy atom. The van der Waals surface area contributed by atoms with E-state index in [0.29, 0.717) is 5.56 Å². The average Bonchev–Trinajstić information content (AvgIpc) is 3.32. The Bertz CT molecular complexity index is 1980. The zero-order valence-corrected chi connectivity index (χ0v) is 22.3. The number of fused-ring (bicyclic) bond motifs is 3. The Hall–Kier alpha value is -5.22. The molecule has 3 aromatic heterocycles. The van der Waals surface area contributed by atoms with Crippen molar-refractivity contribution in [2.45, 2.75) is 13.8 Å². The van der Waals surface area contributed by atoms with Crippen LogP contribution in [0.2, 0.25) is 0 Å². The number of nitrogens with zero attached hydrogens (tertiary/aromatic N) is 3. The van der Waals surface area contributed by atoms with Gasteiger partial charge in [-0.15, -0.1) is 0 Å². The normalized spacial score (nSPS) is 11.3. The highest BCUT2D eigenvalue weighted by molar-refractivity contribution is 6.07. The summed E-state index contributed by atoms with van der Waals surface area (Å²) in [5.74, 6) is 0.213. The molecule has 40 heavy (non-hydrogen) atoms. The maximum absolute atomic E-state index is 10.7. The van der Waals surface area contributed by atoms with E-state index in [-0.39, 0.29) is 5.75 Å². The fourth-order valence-electron chi connectivity index (χ4n) is 5.78. The maximum Gasteiger partial charge on any atom is 0.145 e. The molecule has 0 spiro atoms. The summed E-state index contributed by atoms with van der Waals surface area (Å²) in [5.41, 5.74) is 11.0. The van der Waals surface area contributed by atoms with Gasteiger partial charge in [0.15, 0.2) is 0 Å². The number of benzene rings is 4. The van der Waals surface area contributed by atoms with Crippen molar-refractivity contribution >= 4 is 21.9 Å². The molecule has 3 heterocycles. The van der Waals surface area contributed by atoms with Gasteiger partial charge in [-0.05, 0) is 90.7 Å². The molecule has 0 bridgehead atoms. The van der Waals surface area contributed by atoms with E-state index < -0.39 is 0 Å². The molecule has 0 aliphatic carbocycles. The standard InChI is InChI=1S/C36H27N3O/c1-23-10-7-11-24(2)35(23)26-21-31(38-32(22-26)30-15-4-6-18-34(30)40)25-12-8-13-27(20-25)39-33-17-5-3-14-28(33)29-16-9-19-37-36(29)39/h3-22,40H,1-2H3. The molecule has 0 atom stereocenters. The summed E-state index contributed by atoms with van der Waals surface area (Å²) in [7, 11) is 0. The number of aryl methyl sites for hydroxylation is 2. The SMILES string of the molecule is Cc1cccc(C)c1-c1cc(-c2cccc(-n3c4ccccc4c4cccnc43)c2)nc(-c2ccccc2O)c1. The minimum absolute atomic E-state index is 0.213. The van der Waals surface area contributed by atoms with Gasteiger partial charge in [0.25, 0.3) is 0 Å². The summed E-state index contributed by atoms with van der Waals surface area (Å²) in [6, 6.07) is 39.0. The van der Waals surface area contributed by atoms with Crippen molar-refractivity contribution in [2.75, 3.05) is 0 Å². The van der Waals surface area contributed by atoms with E-state index in [1.807, 2.05) is 30.5 Å². The van der Waals surface area contributed by atoms with Crippen molar-refractivity contribution < 1.29 is 5.11 Å². The van der Waals surface area contributed by atoms with E-state index in [1.165, 1.54) is 22.1 Å². The van der Waals surface area contributed by atoms with Crippen LogP contribution in [-0.2, 0) is 0 Å². The lowest BCUT2D eigenvalue weighted by atomic mass is 9.93. The molecule has 0 amide bonds. The van der Waals surface area contributed by atoms with E-state index in [2.05, 4.69) is 103 Å². The molecule has 192 valence electrons. The number of phenolic OH excluding ortho intramolecular Hbond substituents is 1. The Labute approximate surface area is 232 Å². The highest BCUT2D eigenvalue weighted by Gasteiger charge is 2.16. The van der Waals surface area contributed by atoms with Crippen LogP contribution in [0.5, 0.6) is 5.75 Å². The highest BCUT2D eigenvalue weighted by Crippen LogP contribution is 2.37. The van der Waals surface area contributed by atoms with Crippen molar-refractivity contribution in [1.29, 1.82) is 0 Å². The third-order valence-corrected chi connectivity index (χ3v) is 7.61.